The molecule has 0 saturated heterocycles. The zero-order valence-electron chi connectivity index (χ0n) is 17.4. The summed E-state index contributed by atoms with van der Waals surface area (Å²) in [6.45, 7) is 7.83. The Morgan fingerprint density at radius 2 is 1.97 bits per heavy atom. The number of pyridine rings is 2. The van der Waals surface area contributed by atoms with E-state index in [1.165, 1.54) is 0 Å². The lowest BCUT2D eigenvalue weighted by atomic mass is 10.0. The number of nitrogens with one attached hydrogen (secondary N) is 1. The molecule has 1 atom stereocenters. The Kier molecular flexibility index (Phi) is 5.82. The maximum atomic E-state index is 12.1. The number of hydrogen-bond donors (Lipinski definition) is 2. The molecule has 2 heterocycles. The Balaban J connectivity index is 0.00000117. The van der Waals surface area contributed by atoms with Gasteiger partial charge in [0.05, 0.1) is 5.92 Å². The number of anilines is 3. The molecule has 3 N–H and O–H groups in total. The van der Waals surface area contributed by atoms with E-state index in [0.717, 1.165) is 39.6 Å². The zero-order chi connectivity index (χ0) is 21.1. The molecule has 1 aliphatic rings. The van der Waals surface area contributed by atoms with E-state index in [1.807, 2.05) is 63.3 Å². The number of nitrogens with two attached hydrogens (primary N) is 1. The minimum atomic E-state index is -0.0862. The summed E-state index contributed by atoms with van der Waals surface area (Å²) in [5, 5.41) is 4.63. The molecular weight excluding hydrogens is 362 g/mol. The van der Waals surface area contributed by atoms with Crippen molar-refractivity contribution in [3.63, 3.8) is 0 Å². The zero-order valence-corrected chi connectivity index (χ0v) is 17.4. The lowest BCUT2D eigenvalue weighted by molar-refractivity contribution is -0.117. The van der Waals surface area contributed by atoms with Gasteiger partial charge >= 0.3 is 0 Å². The normalized spacial score (nSPS) is 14.8. The summed E-state index contributed by atoms with van der Waals surface area (Å²) in [4.78, 5) is 22.8. The fourth-order valence-corrected chi connectivity index (χ4v) is 3.20. The first-order chi connectivity index (χ1) is 13.9. The van der Waals surface area contributed by atoms with Crippen LogP contribution in [0.5, 0.6) is 0 Å². The van der Waals surface area contributed by atoms with Crippen LogP contribution in [0.1, 0.15) is 20.3 Å². The molecule has 0 aliphatic heterocycles. The van der Waals surface area contributed by atoms with Crippen LogP contribution < -0.4 is 16.0 Å². The molecule has 0 radical (unpaired) electrons. The minimum absolute atomic E-state index is 0.0573. The predicted octanol–water partition coefficient (Wildman–Crippen LogP) is 4.49. The van der Waals surface area contributed by atoms with Crippen molar-refractivity contribution in [3.05, 3.63) is 55.0 Å². The second kappa shape index (κ2) is 8.31. The van der Waals surface area contributed by atoms with Crippen molar-refractivity contribution in [2.75, 3.05) is 30.0 Å². The summed E-state index contributed by atoms with van der Waals surface area (Å²) in [6, 6.07) is 7.80. The molecule has 3 aromatic rings. The number of benzene rings is 1. The molecule has 6 nitrogen and oxygen atoms in total. The lowest BCUT2D eigenvalue weighted by Crippen LogP contribution is -2.14. The molecule has 2 aromatic heterocycles. The van der Waals surface area contributed by atoms with Crippen LogP contribution >= 0.6 is 0 Å². The van der Waals surface area contributed by atoms with Crippen molar-refractivity contribution < 1.29 is 4.79 Å². The third kappa shape index (κ3) is 4.21. The topological polar surface area (TPSA) is 84.1 Å². The molecule has 1 aromatic carbocycles. The van der Waals surface area contributed by atoms with Gasteiger partial charge in [0.2, 0.25) is 5.91 Å². The van der Waals surface area contributed by atoms with E-state index in [4.69, 9.17) is 5.73 Å². The second-order valence-electron chi connectivity index (χ2n) is 7.05. The van der Waals surface area contributed by atoms with E-state index in [2.05, 4.69) is 21.9 Å². The van der Waals surface area contributed by atoms with Crippen LogP contribution in [0.2, 0.25) is 0 Å². The fraction of sp³-hybridized carbons (Fsp3) is 0.261. The van der Waals surface area contributed by atoms with Gasteiger partial charge in [-0.25, -0.2) is 4.98 Å². The summed E-state index contributed by atoms with van der Waals surface area (Å²) in [7, 11) is 3.99. The average molecular weight is 390 g/mol. The first-order valence-corrected chi connectivity index (χ1v) is 9.73. The van der Waals surface area contributed by atoms with Crippen LogP contribution in [0, 0.1) is 5.92 Å². The highest BCUT2D eigenvalue weighted by Gasteiger charge is 2.34. The molecule has 6 heteroatoms. The van der Waals surface area contributed by atoms with E-state index in [0.29, 0.717) is 11.5 Å². The van der Waals surface area contributed by atoms with Crippen LogP contribution in [0.25, 0.3) is 21.9 Å². The van der Waals surface area contributed by atoms with Gasteiger partial charge < -0.3 is 16.0 Å². The number of carbonyl (C=O) groups excluding carboxylic acids is 1. The van der Waals surface area contributed by atoms with Gasteiger partial charge in [-0.3, -0.25) is 9.78 Å². The van der Waals surface area contributed by atoms with Crippen LogP contribution in [-0.2, 0) is 4.79 Å². The Morgan fingerprint density at radius 3 is 2.62 bits per heavy atom. The largest absolute Gasteiger partial charge is 0.398 e. The van der Waals surface area contributed by atoms with E-state index in [9.17, 15) is 4.79 Å². The average Bonchev–Trinajstić information content (AvgIpc) is 3.46. The van der Waals surface area contributed by atoms with Gasteiger partial charge in [-0.15, -0.1) is 0 Å². The van der Waals surface area contributed by atoms with E-state index in [-0.39, 0.29) is 11.8 Å². The fourth-order valence-electron chi connectivity index (χ4n) is 3.20. The third-order valence-electron chi connectivity index (χ3n) is 4.83. The lowest BCUT2D eigenvalue weighted by Gasteiger charge is -2.18. The van der Waals surface area contributed by atoms with Crippen LogP contribution in [-0.4, -0.2) is 30.0 Å². The summed E-state index contributed by atoms with van der Waals surface area (Å²) < 4.78 is 0. The monoisotopic (exact) mass is 389 g/mol. The SMILES string of the molecule is C=C1CC1C(=O)Nc1cc2cc(-c3cnccc3N(C)C)cc(N)c2cn1.CC. The highest BCUT2D eigenvalue weighted by atomic mass is 16.2. The van der Waals surface area contributed by atoms with Gasteiger partial charge in [0, 0.05) is 55.0 Å². The third-order valence-corrected chi connectivity index (χ3v) is 4.83. The Hall–Kier alpha value is -3.41. The van der Waals surface area contributed by atoms with Crippen molar-refractivity contribution in [1.29, 1.82) is 0 Å². The Labute approximate surface area is 171 Å². The van der Waals surface area contributed by atoms with Gasteiger partial charge in [-0.2, -0.15) is 0 Å². The summed E-state index contributed by atoms with van der Waals surface area (Å²) in [6.07, 6.45) is 6.05. The number of amides is 1. The van der Waals surface area contributed by atoms with Gasteiger partial charge in [-0.1, -0.05) is 26.0 Å². The van der Waals surface area contributed by atoms with Crippen molar-refractivity contribution in [2.24, 2.45) is 5.92 Å². The van der Waals surface area contributed by atoms with Crippen molar-refractivity contribution in [1.82, 2.24) is 9.97 Å². The van der Waals surface area contributed by atoms with Crippen LogP contribution in [0.4, 0.5) is 17.2 Å². The number of hydrogen-bond acceptors (Lipinski definition) is 5. The smallest absolute Gasteiger partial charge is 0.233 e. The molecule has 0 spiro atoms. The molecule has 4 rings (SSSR count). The van der Waals surface area contributed by atoms with E-state index >= 15 is 0 Å². The predicted molar refractivity (Wildman–Crippen MR) is 121 cm³/mol. The molecule has 1 amide bonds. The number of nitrogens with zero attached hydrogens (tertiary/aromatic N) is 3. The first-order valence-electron chi connectivity index (χ1n) is 9.73. The Morgan fingerprint density at radius 1 is 1.24 bits per heavy atom. The standard InChI is InChI=1S/C21H21N5O.C2H6/c1-12-6-15(12)21(27)25-20-9-14-7-13(8-18(22)16(14)11-24-20)17-10-23-5-4-19(17)26(2)3;1-2/h4-5,7-11,15H,1,6,22H2,2-3H3,(H,24,25,27);1-2H3. The van der Waals surface area contributed by atoms with Crippen molar-refractivity contribution in [2.45, 2.75) is 20.3 Å². The molecule has 1 aliphatic carbocycles. The van der Waals surface area contributed by atoms with E-state index < -0.39 is 0 Å². The van der Waals surface area contributed by atoms with Gasteiger partial charge in [0.25, 0.3) is 0 Å². The Bertz CT molecular complexity index is 1070. The quantitative estimate of drug-likeness (QED) is 0.507. The summed E-state index contributed by atoms with van der Waals surface area (Å²) in [5.74, 6) is 0.373. The van der Waals surface area contributed by atoms with Gasteiger partial charge in [-0.05, 0) is 41.6 Å². The highest BCUT2D eigenvalue weighted by Crippen LogP contribution is 2.37. The van der Waals surface area contributed by atoms with Gasteiger partial charge in [0.1, 0.15) is 5.82 Å². The number of fused-ring (bicyclic) bond motifs is 1. The first kappa shape index (κ1) is 20.3. The maximum Gasteiger partial charge on any atom is 0.233 e. The molecule has 29 heavy (non-hydrogen) atoms. The minimum Gasteiger partial charge on any atom is -0.398 e. The van der Waals surface area contributed by atoms with Crippen LogP contribution in [0.15, 0.2) is 55.0 Å². The van der Waals surface area contributed by atoms with Crippen molar-refractivity contribution >= 4 is 33.9 Å². The van der Waals surface area contributed by atoms with Crippen LogP contribution in [0.3, 0.4) is 0 Å². The summed E-state index contributed by atoms with van der Waals surface area (Å²) in [5.41, 5.74) is 10.9. The summed E-state index contributed by atoms with van der Waals surface area (Å²) >= 11 is 0. The highest BCUT2D eigenvalue weighted by molar-refractivity contribution is 6.01. The number of carbonyl (C=O) groups is 1. The molecule has 1 unspecified atom stereocenters. The van der Waals surface area contributed by atoms with Crippen molar-refractivity contribution in [3.8, 4) is 11.1 Å². The molecule has 1 fully saturated rings. The molecular formula is C23H27N5O. The second-order valence-corrected chi connectivity index (χ2v) is 7.05. The number of aromatic nitrogens is 2. The molecule has 0 bridgehead atoms. The maximum absolute atomic E-state index is 12.1. The van der Waals surface area contributed by atoms with Gasteiger partial charge in [0.15, 0.2) is 0 Å². The number of nitrogen functional groups attached to an aromatic ring is 1. The molecule has 1 saturated carbocycles. The molecule has 150 valence electrons. The van der Waals surface area contributed by atoms with E-state index in [1.54, 1.807) is 12.4 Å². The number of rotatable bonds is 4.